The molecule has 11 atom stereocenters. The van der Waals surface area contributed by atoms with Crippen LogP contribution in [-0.4, -0.2) is 195 Å². The van der Waals surface area contributed by atoms with E-state index in [-0.39, 0.29) is 74.5 Å². The Balaban J connectivity index is 6.50. The first kappa shape index (κ1) is 70.3. The van der Waals surface area contributed by atoms with Crippen LogP contribution in [0.2, 0.25) is 0 Å². The fourth-order valence-corrected chi connectivity index (χ4v) is 7.48. The molecule has 0 aliphatic heterocycles. The van der Waals surface area contributed by atoms with E-state index < -0.39 is 150 Å². The first-order valence-corrected chi connectivity index (χ1v) is 26.3. The molecule has 0 aromatic heterocycles. The topological polar surface area (TPSA) is 493 Å². The van der Waals surface area contributed by atoms with Crippen molar-refractivity contribution in [3.8, 4) is 0 Å². The number of unbranched alkanes of at least 4 members (excludes halogenated alkanes) is 1. The van der Waals surface area contributed by atoms with Gasteiger partial charge in [-0.3, -0.25) is 52.9 Å². The van der Waals surface area contributed by atoms with E-state index >= 15 is 0 Å². The number of carbonyl (C=O) groups is 11. The van der Waals surface area contributed by atoms with Crippen LogP contribution < -0.4 is 70.8 Å². The number of aliphatic hydroxyl groups excluding tert-OH is 2. The Morgan fingerprint density at radius 3 is 1.33 bits per heavy atom. The fraction of sp³-hybridized carbons (Fsp3) is 0.727. The summed E-state index contributed by atoms with van der Waals surface area (Å²) in [5, 5.41) is 61.1. The maximum Gasteiger partial charge on any atom is 0.327 e. The zero-order valence-electron chi connectivity index (χ0n) is 43.3. The number of nitrogens with one attached hydrogen (secondary N) is 9. The Bertz CT molecular complexity index is 1990. The van der Waals surface area contributed by atoms with Crippen LogP contribution in [-0.2, 0) is 52.7 Å². The minimum atomic E-state index is -1.96. The van der Waals surface area contributed by atoms with Gasteiger partial charge in [-0.15, -0.1) is 0 Å². The molecular formula is C44H80N14O15S3. The van der Waals surface area contributed by atoms with Crippen molar-refractivity contribution in [3.05, 3.63) is 0 Å². The molecule has 32 heteroatoms. The molecule has 434 valence electrons. The molecule has 0 heterocycles. The number of guanidine groups is 1. The van der Waals surface area contributed by atoms with Gasteiger partial charge in [-0.05, 0) is 70.3 Å². The van der Waals surface area contributed by atoms with Crippen molar-refractivity contribution >= 4 is 109 Å². The summed E-state index contributed by atoms with van der Waals surface area (Å²) in [6, 6.07) is -15.1. The van der Waals surface area contributed by atoms with Crippen LogP contribution in [0.5, 0.6) is 0 Å². The third-order valence-corrected chi connectivity index (χ3v) is 12.0. The van der Waals surface area contributed by atoms with E-state index in [1.807, 2.05) is 0 Å². The van der Waals surface area contributed by atoms with E-state index in [0.717, 1.165) is 6.92 Å². The average Bonchev–Trinajstić information content (AvgIpc) is 3.33. The van der Waals surface area contributed by atoms with E-state index in [4.69, 9.17) is 22.9 Å². The Kier molecular flexibility index (Phi) is 34.4. The number of hydrogen-bond acceptors (Lipinski definition) is 19. The monoisotopic (exact) mass is 1140 g/mol. The third-order valence-electron chi connectivity index (χ3n) is 10.9. The second-order valence-corrected chi connectivity index (χ2v) is 19.6. The van der Waals surface area contributed by atoms with Gasteiger partial charge in [-0.1, -0.05) is 27.7 Å². The molecule has 0 saturated carbocycles. The fourth-order valence-electron chi connectivity index (χ4n) is 6.81. The number of hydrogen-bond donors (Lipinski definition) is 20. The molecule has 9 amide bonds. The highest BCUT2D eigenvalue weighted by Crippen LogP contribution is 2.12. The molecule has 29 nitrogen and oxygen atoms in total. The van der Waals surface area contributed by atoms with Gasteiger partial charge in [0.05, 0.1) is 25.2 Å². The van der Waals surface area contributed by atoms with Gasteiger partial charge >= 0.3 is 11.9 Å². The van der Waals surface area contributed by atoms with Crippen molar-refractivity contribution in [1.82, 2.24) is 47.9 Å². The smallest absolute Gasteiger partial charge is 0.327 e. The van der Waals surface area contributed by atoms with Crippen LogP contribution in [0.15, 0.2) is 4.99 Å². The van der Waals surface area contributed by atoms with Crippen LogP contribution in [0.25, 0.3) is 0 Å². The number of amides is 9. The number of carboxylic acid groups (broad SMARTS) is 2. The first-order valence-electron chi connectivity index (χ1n) is 24.4. The first-order chi connectivity index (χ1) is 35.6. The number of thiol groups is 3. The van der Waals surface area contributed by atoms with Crippen LogP contribution in [0.1, 0.15) is 86.0 Å². The van der Waals surface area contributed by atoms with Gasteiger partial charge in [0, 0.05) is 23.8 Å². The van der Waals surface area contributed by atoms with Crippen molar-refractivity contribution in [2.24, 2.45) is 39.8 Å². The summed E-state index contributed by atoms with van der Waals surface area (Å²) in [4.78, 5) is 149. The van der Waals surface area contributed by atoms with E-state index in [1.54, 1.807) is 27.7 Å². The molecule has 0 unspecified atom stereocenters. The second kappa shape index (κ2) is 37.2. The minimum absolute atomic E-state index is 0.0103. The highest BCUT2D eigenvalue weighted by molar-refractivity contribution is 7.80. The molecule has 0 fully saturated rings. The molecule has 0 rings (SSSR count). The van der Waals surface area contributed by atoms with E-state index in [9.17, 15) is 73.2 Å². The van der Waals surface area contributed by atoms with E-state index in [1.165, 1.54) is 0 Å². The Morgan fingerprint density at radius 2 is 0.895 bits per heavy atom. The zero-order chi connectivity index (χ0) is 58.4. The Labute approximate surface area is 457 Å². The number of aliphatic imine (C=N–C) groups is 1. The standard InChI is InChI=1S/C44H80N14O15S3/c1-20(2)13-26(38(67)57-31(19-76)43(72)73)52-35(64)25(10-8-12-49-44(47)48)51-37(66)27(14-21(3)4)54-42(71)33(22(5)60)58-40(69)29(16-59)55-39(68)28(15-32(61)62)53-41(70)30(18-75)56-36(65)24(9-6-7-11-45)50-34(63)23(46)17-74/h20-31,33,59-60,74-76H,6-19,45-46H2,1-5H3,(H,50,63)(H,51,66)(H,52,64)(H,53,70)(H,54,71)(H,55,68)(H,56,65)(H,57,67)(H,58,69)(H,61,62)(H,72,73)(H4,47,48,49)/t22-,23+,24+,25+,26+,27+,28+,29+,30+,31+,33+/m1/s1. The SMILES string of the molecule is CC(C)C[C@H](NC(=O)[C@H](CCCN=C(N)N)NC(=O)[C@H](CC(C)C)NC(=O)[C@@H](NC(=O)[C@H](CO)NC(=O)[C@H](CC(=O)O)NC(=O)[C@H](CS)NC(=O)[C@H](CCCCN)NC(=O)[C@@H](N)CS)[C@@H](C)O)C(=O)N[C@@H](CS)C(=O)O. The lowest BCUT2D eigenvalue weighted by atomic mass is 10.00. The van der Waals surface area contributed by atoms with Gasteiger partial charge in [0.2, 0.25) is 53.2 Å². The van der Waals surface area contributed by atoms with E-state index in [2.05, 4.69) is 90.7 Å². The third kappa shape index (κ3) is 27.4. The average molecular weight is 1140 g/mol. The summed E-state index contributed by atoms with van der Waals surface area (Å²) in [5.74, 6) is -13.5. The number of aliphatic hydroxyl groups is 2. The number of rotatable bonds is 38. The van der Waals surface area contributed by atoms with Crippen LogP contribution in [0.4, 0.5) is 0 Å². The van der Waals surface area contributed by atoms with Gasteiger partial charge in [0.25, 0.3) is 0 Å². The molecule has 0 saturated heterocycles. The molecule has 21 N–H and O–H groups in total. The van der Waals surface area contributed by atoms with Crippen molar-refractivity contribution < 1.29 is 73.2 Å². The van der Waals surface area contributed by atoms with Gasteiger partial charge in [0.15, 0.2) is 5.96 Å². The maximum absolute atomic E-state index is 14.0. The van der Waals surface area contributed by atoms with Crippen molar-refractivity contribution in [2.45, 2.75) is 153 Å². The molecule has 76 heavy (non-hydrogen) atoms. The quantitative estimate of drug-likeness (QED) is 0.0118. The predicted octanol–water partition coefficient (Wildman–Crippen LogP) is -6.33. The molecule has 0 aliphatic carbocycles. The molecule has 0 bridgehead atoms. The maximum atomic E-state index is 14.0. The van der Waals surface area contributed by atoms with E-state index in [0.29, 0.717) is 12.8 Å². The molecular weight excluding hydrogens is 1060 g/mol. The normalized spacial score (nSPS) is 15.5. The van der Waals surface area contributed by atoms with Gasteiger partial charge in [-0.25, -0.2) is 4.79 Å². The summed E-state index contributed by atoms with van der Waals surface area (Å²) in [6.45, 7) is 7.09. The number of nitrogens with zero attached hydrogens (tertiary/aromatic N) is 1. The van der Waals surface area contributed by atoms with Crippen molar-refractivity contribution in [3.63, 3.8) is 0 Å². The zero-order valence-corrected chi connectivity index (χ0v) is 46.0. The van der Waals surface area contributed by atoms with Crippen LogP contribution >= 0.6 is 37.9 Å². The molecule has 0 aromatic carbocycles. The summed E-state index contributed by atoms with van der Waals surface area (Å²) in [7, 11) is 0. The van der Waals surface area contributed by atoms with Gasteiger partial charge < -0.3 is 91.2 Å². The van der Waals surface area contributed by atoms with Crippen molar-refractivity contribution in [1.29, 1.82) is 0 Å². The summed E-state index contributed by atoms with van der Waals surface area (Å²) in [5.41, 5.74) is 22.2. The summed E-state index contributed by atoms with van der Waals surface area (Å²) in [6.07, 6.45) is -1.88. The highest BCUT2D eigenvalue weighted by atomic mass is 32.1. The summed E-state index contributed by atoms with van der Waals surface area (Å²) >= 11 is 12.0. The highest BCUT2D eigenvalue weighted by Gasteiger charge is 2.37. The van der Waals surface area contributed by atoms with Gasteiger partial charge in [-0.2, -0.15) is 37.9 Å². The summed E-state index contributed by atoms with van der Waals surface area (Å²) < 4.78 is 0. The number of carbonyl (C=O) groups excluding carboxylic acids is 9. The number of aliphatic carboxylic acids is 2. The lowest BCUT2D eigenvalue weighted by molar-refractivity contribution is -0.142. The van der Waals surface area contributed by atoms with Crippen LogP contribution in [0, 0.1) is 11.8 Å². The lowest BCUT2D eigenvalue weighted by Crippen LogP contribution is -2.62. The molecule has 0 aromatic rings. The minimum Gasteiger partial charge on any atom is -0.481 e. The van der Waals surface area contributed by atoms with Crippen molar-refractivity contribution in [2.75, 3.05) is 37.0 Å². The molecule has 0 spiro atoms. The number of carboxylic acids is 2. The Morgan fingerprint density at radius 1 is 0.500 bits per heavy atom. The molecule has 0 radical (unpaired) electrons. The lowest BCUT2D eigenvalue weighted by Gasteiger charge is -2.29. The second-order valence-electron chi connectivity index (χ2n) is 18.5. The predicted molar refractivity (Wildman–Crippen MR) is 287 cm³/mol. The largest absolute Gasteiger partial charge is 0.481 e. The molecule has 0 aliphatic rings. The Hall–Kier alpha value is -5.67. The van der Waals surface area contributed by atoms with Gasteiger partial charge in [0.1, 0.15) is 54.4 Å². The number of nitrogens with two attached hydrogens (primary N) is 4. The van der Waals surface area contributed by atoms with Crippen LogP contribution in [0.3, 0.4) is 0 Å².